The molecule has 0 bridgehead atoms. The SMILES string of the molecule is CC(NCc1ccc(F)cc1)C(=O)N1CCCCC1. The molecule has 1 amide bonds. The highest BCUT2D eigenvalue weighted by molar-refractivity contribution is 5.81. The zero-order valence-corrected chi connectivity index (χ0v) is 11.4. The first-order valence-corrected chi connectivity index (χ1v) is 6.93. The normalized spacial score (nSPS) is 17.3. The highest BCUT2D eigenvalue weighted by Crippen LogP contribution is 2.10. The first-order chi connectivity index (χ1) is 9.16. The number of carbonyl (C=O) groups excluding carboxylic acids is 1. The topological polar surface area (TPSA) is 32.3 Å². The van der Waals surface area contributed by atoms with Crippen LogP contribution in [0.25, 0.3) is 0 Å². The number of nitrogens with one attached hydrogen (secondary N) is 1. The van der Waals surface area contributed by atoms with Gasteiger partial charge in [-0.1, -0.05) is 12.1 Å². The number of benzene rings is 1. The van der Waals surface area contributed by atoms with E-state index in [1.807, 2.05) is 11.8 Å². The molecule has 3 nitrogen and oxygen atoms in total. The van der Waals surface area contributed by atoms with Crippen molar-refractivity contribution in [1.29, 1.82) is 0 Å². The van der Waals surface area contributed by atoms with Crippen LogP contribution in [0.5, 0.6) is 0 Å². The molecule has 1 aromatic rings. The molecule has 1 aliphatic heterocycles. The number of hydrogen-bond donors (Lipinski definition) is 1. The van der Waals surface area contributed by atoms with E-state index in [0.29, 0.717) is 6.54 Å². The average Bonchev–Trinajstić information content (AvgIpc) is 2.46. The Morgan fingerprint density at radius 2 is 1.89 bits per heavy atom. The zero-order valence-electron chi connectivity index (χ0n) is 11.4. The van der Waals surface area contributed by atoms with Crippen LogP contribution in [0.1, 0.15) is 31.7 Å². The summed E-state index contributed by atoms with van der Waals surface area (Å²) in [6.07, 6.45) is 3.44. The molecule has 0 spiro atoms. The molecule has 1 unspecified atom stereocenters. The minimum Gasteiger partial charge on any atom is -0.341 e. The predicted octanol–water partition coefficient (Wildman–Crippen LogP) is 2.32. The van der Waals surface area contributed by atoms with Crippen molar-refractivity contribution < 1.29 is 9.18 Å². The van der Waals surface area contributed by atoms with Gasteiger partial charge in [-0.2, -0.15) is 0 Å². The van der Waals surface area contributed by atoms with Gasteiger partial charge in [-0.25, -0.2) is 4.39 Å². The number of halogens is 1. The monoisotopic (exact) mass is 264 g/mol. The first kappa shape index (κ1) is 14.0. The van der Waals surface area contributed by atoms with Crippen molar-refractivity contribution in [2.45, 2.75) is 38.8 Å². The van der Waals surface area contributed by atoms with Gasteiger partial charge in [0.15, 0.2) is 0 Å². The van der Waals surface area contributed by atoms with Crippen molar-refractivity contribution in [2.75, 3.05) is 13.1 Å². The number of likely N-dealkylation sites (tertiary alicyclic amines) is 1. The van der Waals surface area contributed by atoms with Gasteiger partial charge in [0.05, 0.1) is 6.04 Å². The quantitative estimate of drug-likeness (QED) is 0.905. The lowest BCUT2D eigenvalue weighted by atomic mass is 10.1. The van der Waals surface area contributed by atoms with E-state index in [1.54, 1.807) is 12.1 Å². The average molecular weight is 264 g/mol. The molecule has 1 aromatic carbocycles. The minimum atomic E-state index is -0.235. The molecule has 19 heavy (non-hydrogen) atoms. The van der Waals surface area contributed by atoms with E-state index in [1.165, 1.54) is 18.6 Å². The summed E-state index contributed by atoms with van der Waals surface area (Å²) in [6.45, 7) is 4.23. The van der Waals surface area contributed by atoms with Crippen LogP contribution in [0.2, 0.25) is 0 Å². The van der Waals surface area contributed by atoms with Gasteiger partial charge in [-0.05, 0) is 43.9 Å². The zero-order chi connectivity index (χ0) is 13.7. The summed E-state index contributed by atoms with van der Waals surface area (Å²) in [4.78, 5) is 14.1. The Bertz CT molecular complexity index is 413. The third-order valence-corrected chi connectivity index (χ3v) is 3.56. The predicted molar refractivity (Wildman–Crippen MR) is 73.1 cm³/mol. The van der Waals surface area contributed by atoms with E-state index < -0.39 is 0 Å². The third-order valence-electron chi connectivity index (χ3n) is 3.56. The standard InChI is InChI=1S/C15H21FN2O/c1-12(15(19)18-9-3-2-4-10-18)17-11-13-5-7-14(16)8-6-13/h5-8,12,17H,2-4,9-11H2,1H3. The lowest BCUT2D eigenvalue weighted by molar-refractivity contribution is -0.133. The summed E-state index contributed by atoms with van der Waals surface area (Å²) < 4.78 is 12.8. The highest BCUT2D eigenvalue weighted by atomic mass is 19.1. The smallest absolute Gasteiger partial charge is 0.239 e. The van der Waals surface area contributed by atoms with Gasteiger partial charge in [0, 0.05) is 19.6 Å². The lowest BCUT2D eigenvalue weighted by Crippen LogP contribution is -2.46. The van der Waals surface area contributed by atoms with Gasteiger partial charge >= 0.3 is 0 Å². The maximum atomic E-state index is 12.8. The molecule has 1 fully saturated rings. The Balaban J connectivity index is 1.81. The summed E-state index contributed by atoms with van der Waals surface area (Å²) in [6, 6.07) is 6.16. The summed E-state index contributed by atoms with van der Waals surface area (Å²) >= 11 is 0. The Labute approximate surface area is 113 Å². The number of rotatable bonds is 4. The van der Waals surface area contributed by atoms with E-state index in [4.69, 9.17) is 0 Å². The molecular weight excluding hydrogens is 243 g/mol. The lowest BCUT2D eigenvalue weighted by Gasteiger charge is -2.29. The molecular formula is C15H21FN2O. The number of amides is 1. The second kappa shape index (κ2) is 6.66. The van der Waals surface area contributed by atoms with Crippen LogP contribution >= 0.6 is 0 Å². The fourth-order valence-corrected chi connectivity index (χ4v) is 2.35. The fraction of sp³-hybridized carbons (Fsp3) is 0.533. The fourth-order valence-electron chi connectivity index (χ4n) is 2.35. The maximum Gasteiger partial charge on any atom is 0.239 e. The molecule has 1 atom stereocenters. The Kier molecular flexibility index (Phi) is 4.91. The van der Waals surface area contributed by atoms with Crippen molar-refractivity contribution >= 4 is 5.91 Å². The van der Waals surface area contributed by atoms with Crippen molar-refractivity contribution in [3.63, 3.8) is 0 Å². The van der Waals surface area contributed by atoms with E-state index in [9.17, 15) is 9.18 Å². The summed E-state index contributed by atoms with van der Waals surface area (Å²) in [5.74, 6) is -0.0667. The summed E-state index contributed by atoms with van der Waals surface area (Å²) in [7, 11) is 0. The second-order valence-electron chi connectivity index (χ2n) is 5.12. The minimum absolute atomic E-state index is 0.168. The number of piperidine rings is 1. The largest absolute Gasteiger partial charge is 0.341 e. The van der Waals surface area contributed by atoms with Gasteiger partial charge in [-0.3, -0.25) is 4.79 Å². The van der Waals surface area contributed by atoms with Crippen LogP contribution in [0, 0.1) is 5.82 Å². The van der Waals surface area contributed by atoms with Crippen molar-refractivity contribution in [1.82, 2.24) is 10.2 Å². The van der Waals surface area contributed by atoms with Crippen LogP contribution in [-0.2, 0) is 11.3 Å². The van der Waals surface area contributed by atoms with Gasteiger partial charge in [0.25, 0.3) is 0 Å². The Morgan fingerprint density at radius 1 is 1.26 bits per heavy atom. The van der Waals surface area contributed by atoms with Crippen molar-refractivity contribution in [3.05, 3.63) is 35.6 Å². The van der Waals surface area contributed by atoms with Crippen LogP contribution < -0.4 is 5.32 Å². The number of nitrogens with zero attached hydrogens (tertiary/aromatic N) is 1. The maximum absolute atomic E-state index is 12.8. The molecule has 0 aliphatic carbocycles. The van der Waals surface area contributed by atoms with Gasteiger partial charge in [0.2, 0.25) is 5.91 Å². The van der Waals surface area contributed by atoms with E-state index in [2.05, 4.69) is 5.32 Å². The van der Waals surface area contributed by atoms with Crippen LogP contribution in [0.15, 0.2) is 24.3 Å². The first-order valence-electron chi connectivity index (χ1n) is 6.93. The molecule has 1 saturated heterocycles. The molecule has 4 heteroatoms. The van der Waals surface area contributed by atoms with Crippen LogP contribution in [0.4, 0.5) is 4.39 Å². The molecule has 1 aliphatic rings. The molecule has 0 radical (unpaired) electrons. The van der Waals surface area contributed by atoms with Crippen LogP contribution in [-0.4, -0.2) is 29.9 Å². The molecule has 2 rings (SSSR count). The molecule has 0 saturated carbocycles. The van der Waals surface area contributed by atoms with Crippen LogP contribution in [0.3, 0.4) is 0 Å². The van der Waals surface area contributed by atoms with Gasteiger partial charge < -0.3 is 10.2 Å². The highest BCUT2D eigenvalue weighted by Gasteiger charge is 2.21. The van der Waals surface area contributed by atoms with E-state index >= 15 is 0 Å². The second-order valence-corrected chi connectivity index (χ2v) is 5.12. The molecule has 0 aromatic heterocycles. The molecule has 1 N–H and O–H groups in total. The van der Waals surface area contributed by atoms with E-state index in [0.717, 1.165) is 31.5 Å². The molecule has 104 valence electrons. The summed E-state index contributed by atoms with van der Waals surface area (Å²) in [5.41, 5.74) is 0.986. The van der Waals surface area contributed by atoms with Gasteiger partial charge in [0.1, 0.15) is 5.82 Å². The Hall–Kier alpha value is -1.42. The Morgan fingerprint density at radius 3 is 2.53 bits per heavy atom. The number of carbonyl (C=O) groups is 1. The number of hydrogen-bond acceptors (Lipinski definition) is 2. The van der Waals surface area contributed by atoms with Gasteiger partial charge in [-0.15, -0.1) is 0 Å². The third kappa shape index (κ3) is 4.03. The van der Waals surface area contributed by atoms with Crippen molar-refractivity contribution in [3.8, 4) is 0 Å². The van der Waals surface area contributed by atoms with Crippen molar-refractivity contribution in [2.24, 2.45) is 0 Å². The van der Waals surface area contributed by atoms with E-state index in [-0.39, 0.29) is 17.8 Å². The summed E-state index contributed by atoms with van der Waals surface area (Å²) in [5, 5.41) is 3.20. The molecule has 1 heterocycles.